The molecule has 2 amide bonds. The van der Waals surface area contributed by atoms with E-state index in [1.165, 1.54) is 11.8 Å². The molecule has 22 heavy (non-hydrogen) atoms. The number of rotatable bonds is 5. The molecule has 118 valence electrons. The fourth-order valence-corrected chi connectivity index (χ4v) is 2.78. The second-order valence-corrected chi connectivity index (χ2v) is 5.47. The van der Waals surface area contributed by atoms with Gasteiger partial charge in [0.15, 0.2) is 0 Å². The molecule has 1 aliphatic rings. The van der Waals surface area contributed by atoms with Crippen LogP contribution in [0.1, 0.15) is 25.3 Å². The van der Waals surface area contributed by atoms with Gasteiger partial charge in [-0.25, -0.2) is 4.79 Å². The lowest BCUT2D eigenvalue weighted by atomic mass is 10.0. The number of amides is 2. The molecular formula is C16H20N2O4. The normalized spacial score (nSPS) is 18.8. The van der Waals surface area contributed by atoms with Crippen molar-refractivity contribution in [3.05, 3.63) is 35.9 Å². The number of likely N-dealkylation sites (tertiary alicyclic amines) is 1. The highest BCUT2D eigenvalue weighted by molar-refractivity contribution is 5.90. The van der Waals surface area contributed by atoms with Gasteiger partial charge in [-0.1, -0.05) is 30.3 Å². The lowest BCUT2D eigenvalue weighted by Crippen LogP contribution is -2.52. The molecule has 1 aromatic rings. The summed E-state index contributed by atoms with van der Waals surface area (Å²) in [5.74, 6) is -1.63. The zero-order valence-corrected chi connectivity index (χ0v) is 12.5. The fraction of sp³-hybridized carbons (Fsp3) is 0.438. The zero-order valence-electron chi connectivity index (χ0n) is 12.5. The van der Waals surface area contributed by atoms with Crippen LogP contribution in [0.3, 0.4) is 0 Å². The average molecular weight is 304 g/mol. The van der Waals surface area contributed by atoms with Crippen molar-refractivity contribution in [2.75, 3.05) is 6.54 Å². The van der Waals surface area contributed by atoms with Crippen LogP contribution in [0.25, 0.3) is 0 Å². The number of nitrogens with one attached hydrogen (secondary N) is 1. The van der Waals surface area contributed by atoms with Gasteiger partial charge in [0.2, 0.25) is 11.8 Å². The van der Waals surface area contributed by atoms with Crippen molar-refractivity contribution in [2.45, 2.75) is 38.3 Å². The lowest BCUT2D eigenvalue weighted by Gasteiger charge is -2.27. The maximum Gasteiger partial charge on any atom is 0.326 e. The van der Waals surface area contributed by atoms with Crippen LogP contribution in [0.4, 0.5) is 0 Å². The highest BCUT2D eigenvalue weighted by atomic mass is 16.4. The van der Waals surface area contributed by atoms with Gasteiger partial charge in [-0.15, -0.1) is 0 Å². The molecule has 6 heteroatoms. The number of carboxylic acids is 1. The van der Waals surface area contributed by atoms with Gasteiger partial charge >= 0.3 is 5.97 Å². The predicted molar refractivity (Wildman–Crippen MR) is 80.1 cm³/mol. The van der Waals surface area contributed by atoms with Crippen LogP contribution in [-0.2, 0) is 20.8 Å². The van der Waals surface area contributed by atoms with E-state index in [1.54, 1.807) is 0 Å². The lowest BCUT2D eigenvalue weighted by molar-refractivity contribution is -0.149. The Kier molecular flexibility index (Phi) is 5.14. The SMILES string of the molecule is CC(=O)N[C@@H](Cc1ccccc1)C(=O)N1CCC[C@H]1C(=O)O. The molecule has 0 bridgehead atoms. The van der Waals surface area contributed by atoms with Crippen molar-refractivity contribution in [1.29, 1.82) is 0 Å². The van der Waals surface area contributed by atoms with Gasteiger partial charge in [0, 0.05) is 19.9 Å². The molecule has 0 saturated carbocycles. The molecule has 1 fully saturated rings. The minimum atomic E-state index is -0.993. The summed E-state index contributed by atoms with van der Waals surface area (Å²) in [4.78, 5) is 36.6. The van der Waals surface area contributed by atoms with E-state index < -0.39 is 18.1 Å². The van der Waals surface area contributed by atoms with Crippen LogP contribution in [0.2, 0.25) is 0 Å². The monoisotopic (exact) mass is 304 g/mol. The maximum atomic E-state index is 12.6. The van der Waals surface area contributed by atoms with Gasteiger partial charge in [0.1, 0.15) is 12.1 Å². The molecule has 0 spiro atoms. The number of carbonyl (C=O) groups is 3. The Bertz CT molecular complexity index is 559. The van der Waals surface area contributed by atoms with Gasteiger partial charge < -0.3 is 15.3 Å². The van der Waals surface area contributed by atoms with Crippen molar-refractivity contribution < 1.29 is 19.5 Å². The second kappa shape index (κ2) is 7.06. The van der Waals surface area contributed by atoms with E-state index in [9.17, 15) is 19.5 Å². The van der Waals surface area contributed by atoms with E-state index in [4.69, 9.17) is 0 Å². The third kappa shape index (κ3) is 3.84. The van der Waals surface area contributed by atoms with Crippen molar-refractivity contribution in [1.82, 2.24) is 10.2 Å². The smallest absolute Gasteiger partial charge is 0.326 e. The van der Waals surface area contributed by atoms with Gasteiger partial charge in [-0.05, 0) is 18.4 Å². The summed E-state index contributed by atoms with van der Waals surface area (Å²) in [6.07, 6.45) is 1.47. The molecule has 1 heterocycles. The molecule has 2 N–H and O–H groups in total. The van der Waals surface area contributed by atoms with Gasteiger partial charge in [-0.2, -0.15) is 0 Å². The zero-order chi connectivity index (χ0) is 16.1. The van der Waals surface area contributed by atoms with Crippen molar-refractivity contribution >= 4 is 17.8 Å². The van der Waals surface area contributed by atoms with Crippen LogP contribution in [-0.4, -0.2) is 46.4 Å². The van der Waals surface area contributed by atoms with Gasteiger partial charge in [-0.3, -0.25) is 9.59 Å². The number of carbonyl (C=O) groups excluding carboxylic acids is 2. The Morgan fingerprint density at radius 2 is 2.00 bits per heavy atom. The molecule has 6 nitrogen and oxygen atoms in total. The van der Waals surface area contributed by atoms with Gasteiger partial charge in [0.05, 0.1) is 0 Å². The molecule has 2 atom stereocenters. The van der Waals surface area contributed by atoms with Crippen molar-refractivity contribution in [3.63, 3.8) is 0 Å². The van der Waals surface area contributed by atoms with Crippen LogP contribution < -0.4 is 5.32 Å². The predicted octanol–water partition coefficient (Wildman–Crippen LogP) is 0.809. The molecule has 0 aromatic heterocycles. The molecule has 0 radical (unpaired) electrons. The van der Waals surface area contributed by atoms with Crippen LogP contribution in [0.5, 0.6) is 0 Å². The number of aliphatic carboxylic acids is 1. The molecule has 2 rings (SSSR count). The first-order chi connectivity index (χ1) is 10.5. The summed E-state index contributed by atoms with van der Waals surface area (Å²) in [6, 6.07) is 7.82. The fourth-order valence-electron chi connectivity index (χ4n) is 2.78. The summed E-state index contributed by atoms with van der Waals surface area (Å²) < 4.78 is 0. The van der Waals surface area contributed by atoms with E-state index in [0.717, 1.165) is 5.56 Å². The van der Waals surface area contributed by atoms with Crippen molar-refractivity contribution in [2.24, 2.45) is 0 Å². The summed E-state index contributed by atoms with van der Waals surface area (Å²) in [7, 11) is 0. The third-order valence-corrected chi connectivity index (χ3v) is 3.78. The number of benzene rings is 1. The molecule has 0 aliphatic carbocycles. The molecule has 1 saturated heterocycles. The average Bonchev–Trinajstić information content (AvgIpc) is 2.96. The van der Waals surface area contributed by atoms with E-state index in [2.05, 4.69) is 5.32 Å². The van der Waals surface area contributed by atoms with Crippen LogP contribution >= 0.6 is 0 Å². The Hall–Kier alpha value is -2.37. The summed E-state index contributed by atoms with van der Waals surface area (Å²) in [5.41, 5.74) is 0.917. The van der Waals surface area contributed by atoms with Crippen LogP contribution in [0, 0.1) is 0 Å². The highest BCUT2D eigenvalue weighted by Gasteiger charge is 2.37. The molecular weight excluding hydrogens is 284 g/mol. The number of hydrogen-bond acceptors (Lipinski definition) is 3. The van der Waals surface area contributed by atoms with Crippen molar-refractivity contribution in [3.8, 4) is 0 Å². The third-order valence-electron chi connectivity index (χ3n) is 3.78. The Labute approximate surface area is 129 Å². The molecule has 1 aromatic carbocycles. The van der Waals surface area contributed by atoms with E-state index in [-0.39, 0.29) is 11.8 Å². The largest absolute Gasteiger partial charge is 0.480 e. The first-order valence-electron chi connectivity index (χ1n) is 7.33. The number of hydrogen-bond donors (Lipinski definition) is 2. The standard InChI is InChI=1S/C16H20N2O4/c1-11(19)17-13(10-12-6-3-2-4-7-12)15(20)18-9-5-8-14(18)16(21)22/h2-4,6-7,13-14H,5,8-10H2,1H3,(H,17,19)(H,21,22)/t13-,14-/m0/s1. The summed E-state index contributed by atoms with van der Waals surface area (Å²) in [5, 5.41) is 11.8. The quantitative estimate of drug-likeness (QED) is 0.843. The molecule has 0 unspecified atom stereocenters. The first kappa shape index (κ1) is 16.0. The van der Waals surface area contributed by atoms with E-state index in [1.807, 2.05) is 30.3 Å². The van der Waals surface area contributed by atoms with E-state index >= 15 is 0 Å². The number of carboxylic acid groups (broad SMARTS) is 1. The second-order valence-electron chi connectivity index (χ2n) is 5.47. The number of nitrogens with zero attached hydrogens (tertiary/aromatic N) is 1. The Morgan fingerprint density at radius 1 is 1.32 bits per heavy atom. The maximum absolute atomic E-state index is 12.6. The minimum Gasteiger partial charge on any atom is -0.480 e. The minimum absolute atomic E-state index is 0.305. The summed E-state index contributed by atoms with van der Waals surface area (Å²) >= 11 is 0. The Morgan fingerprint density at radius 3 is 2.59 bits per heavy atom. The first-order valence-corrected chi connectivity index (χ1v) is 7.33. The summed E-state index contributed by atoms with van der Waals surface area (Å²) in [6.45, 7) is 1.77. The van der Waals surface area contributed by atoms with E-state index in [0.29, 0.717) is 25.8 Å². The topological polar surface area (TPSA) is 86.7 Å². The molecule has 1 aliphatic heterocycles. The van der Waals surface area contributed by atoms with Crippen LogP contribution in [0.15, 0.2) is 30.3 Å². The van der Waals surface area contributed by atoms with Gasteiger partial charge in [0.25, 0.3) is 0 Å². The Balaban J connectivity index is 2.15. The highest BCUT2D eigenvalue weighted by Crippen LogP contribution is 2.19.